The lowest BCUT2D eigenvalue weighted by Crippen LogP contribution is -2.39. The topological polar surface area (TPSA) is 64.8 Å². The molecule has 5 nitrogen and oxygen atoms in total. The zero-order valence-corrected chi connectivity index (χ0v) is 12.8. The highest BCUT2D eigenvalue weighted by Crippen LogP contribution is 2.19. The number of nitrogens with one attached hydrogen (secondary N) is 2. The number of carbonyl (C=O) groups is 1. The standard InChI is InChI=1S/C17H20N4O/c1-12(2)21(17(22)16-18-8-9-19-16)10-7-13-11-20-15-6-4-3-5-14(13)15/h3-6,8-9,11-12,20H,7,10H2,1-2H3,(H,18,19). The highest BCUT2D eigenvalue weighted by atomic mass is 16.2. The largest absolute Gasteiger partial charge is 0.361 e. The Morgan fingerprint density at radius 1 is 1.27 bits per heavy atom. The van der Waals surface area contributed by atoms with Crippen molar-refractivity contribution in [3.8, 4) is 0 Å². The number of rotatable bonds is 5. The maximum atomic E-state index is 12.5. The van der Waals surface area contributed by atoms with Crippen LogP contribution in [0.5, 0.6) is 0 Å². The lowest BCUT2D eigenvalue weighted by atomic mass is 10.1. The fourth-order valence-corrected chi connectivity index (χ4v) is 2.69. The van der Waals surface area contributed by atoms with Crippen LogP contribution in [0, 0.1) is 0 Å². The molecular weight excluding hydrogens is 276 g/mol. The molecule has 0 aliphatic carbocycles. The van der Waals surface area contributed by atoms with Gasteiger partial charge in [0.2, 0.25) is 0 Å². The van der Waals surface area contributed by atoms with E-state index in [4.69, 9.17) is 0 Å². The molecule has 2 aromatic heterocycles. The number of H-pyrrole nitrogens is 2. The molecule has 0 radical (unpaired) electrons. The van der Waals surface area contributed by atoms with Gasteiger partial charge in [0.15, 0.2) is 5.82 Å². The number of benzene rings is 1. The minimum absolute atomic E-state index is 0.0557. The molecule has 0 fully saturated rings. The normalized spacial score (nSPS) is 11.2. The van der Waals surface area contributed by atoms with Gasteiger partial charge in [-0.15, -0.1) is 0 Å². The van der Waals surface area contributed by atoms with Gasteiger partial charge in [-0.3, -0.25) is 4.79 Å². The van der Waals surface area contributed by atoms with E-state index in [-0.39, 0.29) is 11.9 Å². The molecule has 5 heteroatoms. The van der Waals surface area contributed by atoms with E-state index in [1.165, 1.54) is 10.9 Å². The number of hydrogen-bond donors (Lipinski definition) is 2. The van der Waals surface area contributed by atoms with Crippen molar-refractivity contribution in [1.29, 1.82) is 0 Å². The molecule has 0 bridgehead atoms. The van der Waals surface area contributed by atoms with Crippen LogP contribution in [-0.4, -0.2) is 38.3 Å². The van der Waals surface area contributed by atoms with Crippen LogP contribution < -0.4 is 0 Å². The molecule has 0 aliphatic rings. The fraction of sp³-hybridized carbons (Fsp3) is 0.294. The Labute approximate surface area is 129 Å². The van der Waals surface area contributed by atoms with Gasteiger partial charge in [0.1, 0.15) is 0 Å². The quantitative estimate of drug-likeness (QED) is 0.760. The molecule has 3 aromatic rings. The molecule has 2 heterocycles. The van der Waals surface area contributed by atoms with E-state index in [1.807, 2.05) is 37.1 Å². The summed E-state index contributed by atoms with van der Waals surface area (Å²) >= 11 is 0. The molecular formula is C17H20N4O. The monoisotopic (exact) mass is 296 g/mol. The van der Waals surface area contributed by atoms with Crippen molar-refractivity contribution in [3.05, 3.63) is 54.2 Å². The summed E-state index contributed by atoms with van der Waals surface area (Å²) in [5, 5.41) is 1.22. The Kier molecular flexibility index (Phi) is 3.96. The van der Waals surface area contributed by atoms with E-state index < -0.39 is 0 Å². The summed E-state index contributed by atoms with van der Waals surface area (Å²) in [5.74, 6) is 0.340. The van der Waals surface area contributed by atoms with Gasteiger partial charge < -0.3 is 14.9 Å². The summed E-state index contributed by atoms with van der Waals surface area (Å²) < 4.78 is 0. The van der Waals surface area contributed by atoms with E-state index >= 15 is 0 Å². The minimum atomic E-state index is -0.0557. The number of hydrogen-bond acceptors (Lipinski definition) is 2. The number of carbonyl (C=O) groups excluding carboxylic acids is 1. The first kappa shape index (κ1) is 14.4. The van der Waals surface area contributed by atoms with E-state index in [1.54, 1.807) is 12.4 Å². The second-order valence-corrected chi connectivity index (χ2v) is 5.64. The van der Waals surface area contributed by atoms with Gasteiger partial charge in [-0.1, -0.05) is 18.2 Å². The van der Waals surface area contributed by atoms with Gasteiger partial charge in [0.05, 0.1) is 0 Å². The van der Waals surface area contributed by atoms with Crippen molar-refractivity contribution < 1.29 is 4.79 Å². The summed E-state index contributed by atoms with van der Waals surface area (Å²) in [7, 11) is 0. The predicted molar refractivity (Wildman–Crippen MR) is 86.8 cm³/mol. The molecule has 0 saturated heterocycles. The fourth-order valence-electron chi connectivity index (χ4n) is 2.69. The second-order valence-electron chi connectivity index (χ2n) is 5.64. The first-order valence-electron chi connectivity index (χ1n) is 7.52. The van der Waals surface area contributed by atoms with Crippen LogP contribution in [0.4, 0.5) is 0 Å². The van der Waals surface area contributed by atoms with Gasteiger partial charge in [0.25, 0.3) is 5.91 Å². The number of para-hydroxylation sites is 1. The SMILES string of the molecule is CC(C)N(CCc1c[nH]c2ccccc12)C(=O)c1ncc[nH]1. The molecule has 0 unspecified atom stereocenters. The first-order chi connectivity index (χ1) is 10.7. The molecule has 1 amide bonds. The van der Waals surface area contributed by atoms with E-state index in [0.29, 0.717) is 12.4 Å². The van der Waals surface area contributed by atoms with Crippen molar-refractivity contribution in [2.75, 3.05) is 6.54 Å². The summed E-state index contributed by atoms with van der Waals surface area (Å²) in [5.41, 5.74) is 2.36. The second kappa shape index (κ2) is 6.05. The maximum absolute atomic E-state index is 12.5. The predicted octanol–water partition coefficient (Wildman–Crippen LogP) is 2.98. The summed E-state index contributed by atoms with van der Waals surface area (Å²) in [4.78, 5) is 24.6. The Hall–Kier alpha value is -2.56. The average Bonchev–Trinajstić information content (AvgIpc) is 3.16. The van der Waals surface area contributed by atoms with Crippen LogP contribution in [0.3, 0.4) is 0 Å². The molecule has 0 spiro atoms. The van der Waals surface area contributed by atoms with Gasteiger partial charge in [-0.05, 0) is 31.9 Å². The van der Waals surface area contributed by atoms with Crippen LogP contribution in [0.1, 0.15) is 30.0 Å². The molecule has 3 rings (SSSR count). The molecule has 1 aromatic carbocycles. The zero-order chi connectivity index (χ0) is 15.5. The summed E-state index contributed by atoms with van der Waals surface area (Å²) in [6.07, 6.45) is 6.12. The van der Waals surface area contributed by atoms with Gasteiger partial charge in [-0.25, -0.2) is 4.98 Å². The highest BCUT2D eigenvalue weighted by Gasteiger charge is 2.20. The van der Waals surface area contributed by atoms with E-state index in [9.17, 15) is 4.79 Å². The lowest BCUT2D eigenvalue weighted by Gasteiger charge is -2.25. The Balaban J connectivity index is 1.76. The average molecular weight is 296 g/mol. The zero-order valence-electron chi connectivity index (χ0n) is 12.8. The molecule has 0 aliphatic heterocycles. The van der Waals surface area contributed by atoms with Crippen LogP contribution in [0.25, 0.3) is 10.9 Å². The van der Waals surface area contributed by atoms with Crippen molar-refractivity contribution in [2.45, 2.75) is 26.3 Å². The van der Waals surface area contributed by atoms with Gasteiger partial charge in [0, 0.05) is 42.1 Å². The highest BCUT2D eigenvalue weighted by molar-refractivity contribution is 5.90. The number of aromatic amines is 2. The third-order valence-electron chi connectivity index (χ3n) is 3.88. The number of amides is 1. The van der Waals surface area contributed by atoms with Gasteiger partial charge >= 0.3 is 0 Å². The van der Waals surface area contributed by atoms with E-state index in [2.05, 4.69) is 27.1 Å². The Bertz CT molecular complexity index is 758. The molecule has 114 valence electrons. The number of imidazole rings is 1. The van der Waals surface area contributed by atoms with Crippen LogP contribution in [0.15, 0.2) is 42.9 Å². The smallest absolute Gasteiger partial charge is 0.289 e. The van der Waals surface area contributed by atoms with E-state index in [0.717, 1.165) is 11.9 Å². The van der Waals surface area contributed by atoms with Crippen LogP contribution >= 0.6 is 0 Å². The Morgan fingerprint density at radius 3 is 2.82 bits per heavy atom. The van der Waals surface area contributed by atoms with Crippen molar-refractivity contribution in [3.63, 3.8) is 0 Å². The van der Waals surface area contributed by atoms with Crippen molar-refractivity contribution in [2.24, 2.45) is 0 Å². The molecule has 0 saturated carbocycles. The number of fused-ring (bicyclic) bond motifs is 1. The number of aromatic nitrogens is 3. The molecule has 0 atom stereocenters. The minimum Gasteiger partial charge on any atom is -0.361 e. The molecule has 22 heavy (non-hydrogen) atoms. The Morgan fingerprint density at radius 2 is 2.09 bits per heavy atom. The molecule has 2 N–H and O–H groups in total. The maximum Gasteiger partial charge on any atom is 0.289 e. The lowest BCUT2D eigenvalue weighted by molar-refractivity contribution is 0.0697. The summed E-state index contributed by atoms with van der Waals surface area (Å²) in [6, 6.07) is 8.35. The third kappa shape index (κ3) is 2.74. The van der Waals surface area contributed by atoms with Crippen molar-refractivity contribution in [1.82, 2.24) is 19.9 Å². The van der Waals surface area contributed by atoms with Crippen LogP contribution in [-0.2, 0) is 6.42 Å². The third-order valence-corrected chi connectivity index (χ3v) is 3.88. The van der Waals surface area contributed by atoms with Crippen molar-refractivity contribution >= 4 is 16.8 Å². The summed E-state index contributed by atoms with van der Waals surface area (Å²) in [6.45, 7) is 4.71. The van der Waals surface area contributed by atoms with Crippen LogP contribution in [0.2, 0.25) is 0 Å². The first-order valence-corrected chi connectivity index (χ1v) is 7.52. The van der Waals surface area contributed by atoms with Gasteiger partial charge in [-0.2, -0.15) is 0 Å². The number of nitrogens with zero attached hydrogens (tertiary/aromatic N) is 2.